The summed E-state index contributed by atoms with van der Waals surface area (Å²) in [6.45, 7) is 0. The van der Waals surface area contributed by atoms with Gasteiger partial charge in [-0.2, -0.15) is 0 Å². The average molecular weight is 289 g/mol. The largest absolute Gasteiger partial charge is 0.481 e. The average Bonchev–Trinajstić information content (AvgIpc) is 3.02. The van der Waals surface area contributed by atoms with E-state index in [9.17, 15) is 14.7 Å². The molecule has 1 saturated carbocycles. The molecule has 0 bridgehead atoms. The van der Waals surface area contributed by atoms with Gasteiger partial charge in [0, 0.05) is 18.9 Å². The smallest absolute Gasteiger partial charge is 0.306 e. The van der Waals surface area contributed by atoms with Gasteiger partial charge in [0.15, 0.2) is 5.60 Å². The molecule has 112 valence electrons. The SMILES string of the molecule is O=C(O)[C@@H]1CC[C@H](NC(=O)C2(O)Cc3ccccc3C2)C1. The third-order valence-corrected chi connectivity index (χ3v) is 4.62. The standard InChI is InChI=1S/C16H19NO4/c18-14(19)10-5-6-13(7-10)17-15(20)16(21)8-11-3-1-2-4-12(11)9-16/h1-4,10,13,21H,5-9H2,(H,17,20)(H,18,19)/t10-,13+/m1/s1. The summed E-state index contributed by atoms with van der Waals surface area (Å²) in [7, 11) is 0. The Morgan fingerprint density at radius 1 is 1.14 bits per heavy atom. The van der Waals surface area contributed by atoms with Crippen molar-refractivity contribution in [1.29, 1.82) is 0 Å². The lowest BCUT2D eigenvalue weighted by atomic mass is 9.98. The third kappa shape index (κ3) is 2.65. The van der Waals surface area contributed by atoms with Crippen LogP contribution in [0.1, 0.15) is 30.4 Å². The summed E-state index contributed by atoms with van der Waals surface area (Å²) in [6, 6.07) is 7.51. The molecule has 0 aromatic heterocycles. The van der Waals surface area contributed by atoms with E-state index in [2.05, 4.69) is 5.32 Å². The van der Waals surface area contributed by atoms with Crippen LogP contribution in [0.25, 0.3) is 0 Å². The number of aliphatic hydroxyl groups is 1. The molecule has 5 heteroatoms. The van der Waals surface area contributed by atoms with E-state index in [4.69, 9.17) is 5.11 Å². The van der Waals surface area contributed by atoms with Gasteiger partial charge in [-0.15, -0.1) is 0 Å². The molecule has 5 nitrogen and oxygen atoms in total. The van der Waals surface area contributed by atoms with E-state index in [0.717, 1.165) is 11.1 Å². The highest BCUT2D eigenvalue weighted by Gasteiger charge is 2.43. The first kappa shape index (κ1) is 14.1. The number of amides is 1. The summed E-state index contributed by atoms with van der Waals surface area (Å²) < 4.78 is 0. The van der Waals surface area contributed by atoms with Crippen molar-refractivity contribution in [3.63, 3.8) is 0 Å². The summed E-state index contributed by atoms with van der Waals surface area (Å²) in [4.78, 5) is 23.3. The quantitative estimate of drug-likeness (QED) is 0.771. The molecule has 0 radical (unpaired) electrons. The van der Waals surface area contributed by atoms with Crippen LogP contribution in [0.3, 0.4) is 0 Å². The first-order chi connectivity index (χ1) is 9.98. The maximum absolute atomic E-state index is 12.4. The van der Waals surface area contributed by atoms with E-state index in [-0.39, 0.29) is 17.9 Å². The maximum atomic E-state index is 12.4. The van der Waals surface area contributed by atoms with Gasteiger partial charge in [-0.1, -0.05) is 24.3 Å². The van der Waals surface area contributed by atoms with Gasteiger partial charge in [-0.3, -0.25) is 9.59 Å². The number of carboxylic acid groups (broad SMARTS) is 1. The van der Waals surface area contributed by atoms with Crippen LogP contribution in [0.5, 0.6) is 0 Å². The lowest BCUT2D eigenvalue weighted by Gasteiger charge is -2.24. The van der Waals surface area contributed by atoms with E-state index in [0.29, 0.717) is 32.1 Å². The van der Waals surface area contributed by atoms with Gasteiger partial charge < -0.3 is 15.5 Å². The van der Waals surface area contributed by atoms with Crippen LogP contribution >= 0.6 is 0 Å². The molecule has 3 N–H and O–H groups in total. The molecule has 0 spiro atoms. The maximum Gasteiger partial charge on any atom is 0.306 e. The first-order valence-corrected chi connectivity index (χ1v) is 7.31. The van der Waals surface area contributed by atoms with Gasteiger partial charge in [0.25, 0.3) is 5.91 Å². The molecule has 21 heavy (non-hydrogen) atoms. The first-order valence-electron chi connectivity index (χ1n) is 7.31. The number of rotatable bonds is 3. The molecule has 0 saturated heterocycles. The Morgan fingerprint density at radius 2 is 1.76 bits per heavy atom. The molecule has 1 fully saturated rings. The summed E-state index contributed by atoms with van der Waals surface area (Å²) in [5.74, 6) is -1.57. The van der Waals surface area contributed by atoms with Crippen LogP contribution in [0.2, 0.25) is 0 Å². The van der Waals surface area contributed by atoms with Crippen LogP contribution in [-0.2, 0) is 22.4 Å². The van der Waals surface area contributed by atoms with Gasteiger partial charge >= 0.3 is 5.97 Å². The molecular formula is C16H19NO4. The molecule has 0 unspecified atom stereocenters. The Balaban J connectivity index is 1.63. The highest BCUT2D eigenvalue weighted by molar-refractivity contribution is 5.87. The predicted octanol–water partition coefficient (Wildman–Crippen LogP) is 0.886. The number of nitrogens with one attached hydrogen (secondary N) is 1. The van der Waals surface area contributed by atoms with Crippen LogP contribution < -0.4 is 5.32 Å². The van der Waals surface area contributed by atoms with Crippen molar-refractivity contribution in [2.24, 2.45) is 5.92 Å². The minimum absolute atomic E-state index is 0.147. The fourth-order valence-electron chi connectivity index (χ4n) is 3.41. The molecule has 0 heterocycles. The highest BCUT2D eigenvalue weighted by atomic mass is 16.4. The number of hydrogen-bond acceptors (Lipinski definition) is 3. The molecule has 1 aromatic rings. The number of carbonyl (C=O) groups excluding carboxylic acids is 1. The van der Waals surface area contributed by atoms with Crippen LogP contribution in [0, 0.1) is 5.92 Å². The molecule has 1 amide bonds. The van der Waals surface area contributed by atoms with Crippen LogP contribution in [0.15, 0.2) is 24.3 Å². The van der Waals surface area contributed by atoms with Gasteiger partial charge in [0.2, 0.25) is 0 Å². The monoisotopic (exact) mass is 289 g/mol. The fourth-order valence-corrected chi connectivity index (χ4v) is 3.41. The normalized spacial score (nSPS) is 26.3. The predicted molar refractivity (Wildman–Crippen MR) is 75.7 cm³/mol. The summed E-state index contributed by atoms with van der Waals surface area (Å²) in [6.07, 6.45) is 2.34. The molecule has 2 atom stereocenters. The number of carbonyl (C=O) groups is 2. The number of carboxylic acids is 1. The second-order valence-electron chi connectivity index (χ2n) is 6.17. The minimum atomic E-state index is -1.40. The van der Waals surface area contributed by atoms with Crippen molar-refractivity contribution in [2.45, 2.75) is 43.7 Å². The Morgan fingerprint density at radius 3 is 2.29 bits per heavy atom. The third-order valence-electron chi connectivity index (χ3n) is 4.62. The van der Waals surface area contributed by atoms with E-state index >= 15 is 0 Å². The van der Waals surface area contributed by atoms with Crippen LogP contribution in [-0.4, -0.2) is 33.7 Å². The van der Waals surface area contributed by atoms with Crippen molar-refractivity contribution in [2.75, 3.05) is 0 Å². The lowest BCUT2D eigenvalue weighted by Crippen LogP contribution is -2.50. The summed E-state index contributed by atoms with van der Waals surface area (Å²) in [5, 5.41) is 22.4. The number of fused-ring (bicyclic) bond motifs is 1. The second kappa shape index (κ2) is 5.15. The van der Waals surface area contributed by atoms with E-state index in [1.165, 1.54) is 0 Å². The highest BCUT2D eigenvalue weighted by Crippen LogP contribution is 2.31. The van der Waals surface area contributed by atoms with Gasteiger partial charge in [-0.25, -0.2) is 0 Å². The number of hydrogen-bond donors (Lipinski definition) is 3. The molecule has 2 aliphatic rings. The minimum Gasteiger partial charge on any atom is -0.481 e. The Labute approximate surface area is 123 Å². The molecular weight excluding hydrogens is 270 g/mol. The lowest BCUT2D eigenvalue weighted by molar-refractivity contribution is -0.142. The zero-order valence-corrected chi connectivity index (χ0v) is 11.7. The second-order valence-corrected chi connectivity index (χ2v) is 6.17. The number of aliphatic carboxylic acids is 1. The number of benzene rings is 1. The Kier molecular flexibility index (Phi) is 3.45. The zero-order chi connectivity index (χ0) is 15.0. The van der Waals surface area contributed by atoms with Crippen molar-refractivity contribution < 1.29 is 19.8 Å². The summed E-state index contributed by atoms with van der Waals surface area (Å²) in [5.41, 5.74) is 0.611. The Bertz CT molecular complexity index is 558. The molecule has 2 aliphatic carbocycles. The van der Waals surface area contributed by atoms with Crippen molar-refractivity contribution in [3.05, 3.63) is 35.4 Å². The van der Waals surface area contributed by atoms with Crippen molar-refractivity contribution in [1.82, 2.24) is 5.32 Å². The molecule has 3 rings (SSSR count). The zero-order valence-electron chi connectivity index (χ0n) is 11.7. The van der Waals surface area contributed by atoms with Gasteiger partial charge in [0.1, 0.15) is 0 Å². The van der Waals surface area contributed by atoms with Crippen molar-refractivity contribution in [3.8, 4) is 0 Å². The van der Waals surface area contributed by atoms with Crippen LogP contribution in [0.4, 0.5) is 0 Å². The molecule has 1 aromatic carbocycles. The Hall–Kier alpha value is -1.88. The van der Waals surface area contributed by atoms with E-state index in [1.54, 1.807) is 0 Å². The van der Waals surface area contributed by atoms with Gasteiger partial charge in [-0.05, 0) is 30.4 Å². The summed E-state index contributed by atoms with van der Waals surface area (Å²) >= 11 is 0. The van der Waals surface area contributed by atoms with Gasteiger partial charge in [0.05, 0.1) is 5.92 Å². The van der Waals surface area contributed by atoms with Crippen molar-refractivity contribution >= 4 is 11.9 Å². The van der Waals surface area contributed by atoms with E-state index in [1.807, 2.05) is 24.3 Å². The topological polar surface area (TPSA) is 86.6 Å². The van der Waals surface area contributed by atoms with E-state index < -0.39 is 11.6 Å². The molecule has 0 aliphatic heterocycles. The fraction of sp³-hybridized carbons (Fsp3) is 0.500.